The van der Waals surface area contributed by atoms with Crippen LogP contribution in [0.2, 0.25) is 0 Å². The molecule has 4 atom stereocenters. The number of fused-ring (bicyclic) bond motifs is 1. The maximum Gasteiger partial charge on any atom is 0.313 e. The third-order valence-corrected chi connectivity index (χ3v) is 6.41. The van der Waals surface area contributed by atoms with Gasteiger partial charge in [0.2, 0.25) is 5.91 Å². The van der Waals surface area contributed by atoms with E-state index in [2.05, 4.69) is 15.9 Å². The van der Waals surface area contributed by atoms with Crippen LogP contribution in [0, 0.1) is 11.8 Å². The van der Waals surface area contributed by atoms with Gasteiger partial charge in [0, 0.05) is 4.47 Å². The smallest absolute Gasteiger partial charge is 0.313 e. The Morgan fingerprint density at radius 2 is 1.93 bits per heavy atom. The van der Waals surface area contributed by atoms with Crippen molar-refractivity contribution in [3.8, 4) is 0 Å². The molecule has 2 fully saturated rings. The second-order valence-electron chi connectivity index (χ2n) is 7.37. The number of benzene rings is 2. The van der Waals surface area contributed by atoms with Crippen LogP contribution in [0.15, 0.2) is 71.2 Å². The van der Waals surface area contributed by atoms with Gasteiger partial charge in [-0.1, -0.05) is 54.6 Å². The summed E-state index contributed by atoms with van der Waals surface area (Å²) in [7, 11) is 0. The molecule has 28 heavy (non-hydrogen) atoms. The minimum Gasteiger partial charge on any atom is -0.460 e. The van der Waals surface area contributed by atoms with Crippen molar-refractivity contribution < 1.29 is 19.1 Å². The first kappa shape index (κ1) is 17.6. The van der Waals surface area contributed by atoms with Crippen molar-refractivity contribution in [1.29, 1.82) is 0 Å². The Morgan fingerprint density at radius 3 is 2.71 bits per heavy atom. The zero-order valence-corrected chi connectivity index (χ0v) is 16.5. The van der Waals surface area contributed by atoms with Crippen LogP contribution in [0.25, 0.3) is 0 Å². The first-order valence-corrected chi connectivity index (χ1v) is 10.0. The van der Waals surface area contributed by atoms with E-state index in [1.807, 2.05) is 66.7 Å². The molecule has 5 rings (SSSR count). The van der Waals surface area contributed by atoms with E-state index in [9.17, 15) is 9.59 Å². The minimum absolute atomic E-state index is 0.0968. The van der Waals surface area contributed by atoms with E-state index in [4.69, 9.17) is 9.47 Å². The zero-order valence-electron chi connectivity index (χ0n) is 15.0. The van der Waals surface area contributed by atoms with Crippen LogP contribution in [-0.4, -0.2) is 30.1 Å². The predicted octanol–water partition coefficient (Wildman–Crippen LogP) is 3.48. The lowest BCUT2D eigenvalue weighted by Gasteiger charge is -2.22. The first-order valence-electron chi connectivity index (χ1n) is 9.23. The summed E-state index contributed by atoms with van der Waals surface area (Å²) in [4.78, 5) is 27.9. The molecular formula is C22H18BrNO4. The Balaban J connectivity index is 1.40. The Kier molecular flexibility index (Phi) is 4.14. The molecule has 6 heteroatoms. The lowest BCUT2D eigenvalue weighted by Crippen LogP contribution is -2.40. The zero-order chi connectivity index (χ0) is 19.3. The van der Waals surface area contributed by atoms with Crippen LogP contribution in [0.5, 0.6) is 0 Å². The standard InChI is InChI=1S/C22H18BrNO4/c23-15-8-4-5-9-16(15)24-13-22-11-10-17(28-22)18(19(22)20(24)25)21(26)27-12-14-6-2-1-3-7-14/h1-11,17-19H,12-13H2/t17-,18+,19+,22-/m1/s1. The second-order valence-corrected chi connectivity index (χ2v) is 8.22. The summed E-state index contributed by atoms with van der Waals surface area (Å²) >= 11 is 3.51. The number of anilines is 1. The molecule has 3 heterocycles. The van der Waals surface area contributed by atoms with Crippen LogP contribution in [0.1, 0.15) is 5.56 Å². The Morgan fingerprint density at radius 1 is 1.18 bits per heavy atom. The maximum absolute atomic E-state index is 13.3. The number of amides is 1. The molecule has 0 aliphatic carbocycles. The highest BCUT2D eigenvalue weighted by molar-refractivity contribution is 9.10. The van der Waals surface area contributed by atoms with E-state index in [1.165, 1.54) is 0 Å². The number of ether oxygens (including phenoxy) is 2. The summed E-state index contributed by atoms with van der Waals surface area (Å²) in [6, 6.07) is 17.1. The lowest BCUT2D eigenvalue weighted by atomic mass is 9.77. The molecule has 0 radical (unpaired) electrons. The average Bonchev–Trinajstić information content (AvgIpc) is 3.36. The van der Waals surface area contributed by atoms with Crippen molar-refractivity contribution in [3.63, 3.8) is 0 Å². The Labute approximate surface area is 171 Å². The lowest BCUT2D eigenvalue weighted by molar-refractivity contribution is -0.153. The Hall–Kier alpha value is -2.44. The van der Waals surface area contributed by atoms with E-state index in [0.29, 0.717) is 6.54 Å². The van der Waals surface area contributed by atoms with Crippen molar-refractivity contribution in [2.75, 3.05) is 11.4 Å². The van der Waals surface area contributed by atoms with Gasteiger partial charge in [0.15, 0.2) is 0 Å². The highest BCUT2D eigenvalue weighted by Gasteiger charge is 2.67. The van der Waals surface area contributed by atoms with Gasteiger partial charge in [0.1, 0.15) is 18.1 Å². The number of para-hydroxylation sites is 1. The first-order chi connectivity index (χ1) is 13.6. The van der Waals surface area contributed by atoms with Gasteiger partial charge >= 0.3 is 5.97 Å². The molecule has 1 spiro atoms. The van der Waals surface area contributed by atoms with E-state index in [0.717, 1.165) is 15.7 Å². The van der Waals surface area contributed by atoms with Gasteiger partial charge < -0.3 is 14.4 Å². The highest BCUT2D eigenvalue weighted by atomic mass is 79.9. The predicted molar refractivity (Wildman–Crippen MR) is 106 cm³/mol. The van der Waals surface area contributed by atoms with Gasteiger partial charge in [-0.25, -0.2) is 0 Å². The fourth-order valence-corrected chi connectivity index (χ4v) is 4.97. The molecule has 2 aromatic rings. The van der Waals surface area contributed by atoms with Crippen LogP contribution in [0.4, 0.5) is 5.69 Å². The number of hydrogen-bond acceptors (Lipinski definition) is 4. The van der Waals surface area contributed by atoms with Crippen molar-refractivity contribution in [1.82, 2.24) is 0 Å². The molecule has 2 aromatic carbocycles. The van der Waals surface area contributed by atoms with Crippen molar-refractivity contribution in [2.24, 2.45) is 11.8 Å². The average molecular weight is 440 g/mol. The molecular weight excluding hydrogens is 422 g/mol. The third-order valence-electron chi connectivity index (χ3n) is 5.74. The fourth-order valence-electron chi connectivity index (χ4n) is 4.47. The number of carbonyl (C=O) groups is 2. The van der Waals surface area contributed by atoms with Gasteiger partial charge in [0.25, 0.3) is 0 Å². The molecule has 0 aromatic heterocycles. The van der Waals surface area contributed by atoms with Crippen LogP contribution < -0.4 is 4.90 Å². The van der Waals surface area contributed by atoms with Gasteiger partial charge in [0.05, 0.1) is 24.3 Å². The normalized spacial score (nSPS) is 30.0. The third kappa shape index (κ3) is 2.63. The molecule has 2 bridgehead atoms. The van der Waals surface area contributed by atoms with E-state index in [1.54, 1.807) is 4.90 Å². The number of nitrogens with zero attached hydrogens (tertiary/aromatic N) is 1. The Bertz CT molecular complexity index is 976. The maximum atomic E-state index is 13.3. The molecule has 0 saturated carbocycles. The fraction of sp³-hybridized carbons (Fsp3) is 0.273. The van der Waals surface area contributed by atoms with Crippen LogP contribution >= 0.6 is 15.9 Å². The van der Waals surface area contributed by atoms with Gasteiger partial charge in [-0.15, -0.1) is 0 Å². The van der Waals surface area contributed by atoms with Crippen molar-refractivity contribution in [2.45, 2.75) is 18.3 Å². The number of halogens is 1. The topological polar surface area (TPSA) is 55.8 Å². The SMILES string of the molecule is O=C(OCc1ccccc1)[C@@H]1[C@H]2C(=O)N(c3ccccc3Br)C[C@]23C=C[C@H]1O3. The summed E-state index contributed by atoms with van der Waals surface area (Å²) in [5, 5.41) is 0. The second kappa shape index (κ2) is 6.57. The van der Waals surface area contributed by atoms with Crippen molar-refractivity contribution >= 4 is 33.5 Å². The van der Waals surface area contributed by atoms with Crippen LogP contribution in [0.3, 0.4) is 0 Å². The molecule has 2 saturated heterocycles. The monoisotopic (exact) mass is 439 g/mol. The van der Waals surface area contributed by atoms with E-state index < -0.39 is 23.5 Å². The molecule has 3 aliphatic heterocycles. The largest absolute Gasteiger partial charge is 0.460 e. The molecule has 1 amide bonds. The summed E-state index contributed by atoms with van der Waals surface area (Å²) in [5.41, 5.74) is 0.943. The molecule has 0 N–H and O–H groups in total. The van der Waals surface area contributed by atoms with Crippen LogP contribution in [-0.2, 0) is 25.7 Å². The molecule has 5 nitrogen and oxygen atoms in total. The quantitative estimate of drug-likeness (QED) is 0.540. The summed E-state index contributed by atoms with van der Waals surface area (Å²) in [6.45, 7) is 0.586. The number of esters is 1. The summed E-state index contributed by atoms with van der Waals surface area (Å²) in [5.74, 6) is -1.65. The summed E-state index contributed by atoms with van der Waals surface area (Å²) < 4.78 is 12.5. The minimum atomic E-state index is -0.756. The highest BCUT2D eigenvalue weighted by Crippen LogP contribution is 2.53. The number of rotatable bonds is 4. The van der Waals surface area contributed by atoms with Crippen molar-refractivity contribution in [3.05, 3.63) is 76.8 Å². The van der Waals surface area contributed by atoms with Gasteiger partial charge in [-0.2, -0.15) is 0 Å². The molecule has 0 unspecified atom stereocenters. The molecule has 3 aliphatic rings. The van der Waals surface area contributed by atoms with E-state index in [-0.39, 0.29) is 18.5 Å². The van der Waals surface area contributed by atoms with Gasteiger partial charge in [-0.05, 0) is 33.6 Å². The van der Waals surface area contributed by atoms with E-state index >= 15 is 0 Å². The van der Waals surface area contributed by atoms with Gasteiger partial charge in [-0.3, -0.25) is 9.59 Å². The number of carbonyl (C=O) groups excluding carboxylic acids is 2. The molecule has 142 valence electrons. The number of hydrogen-bond donors (Lipinski definition) is 0. The summed E-state index contributed by atoms with van der Waals surface area (Å²) in [6.07, 6.45) is 3.43.